The average Bonchev–Trinajstić information content (AvgIpc) is 3.45. The molecule has 3 aromatic rings. The zero-order valence-corrected chi connectivity index (χ0v) is 18.4. The Morgan fingerprint density at radius 3 is 2.82 bits per heavy atom. The molecule has 0 aromatic carbocycles. The Labute approximate surface area is 192 Å². The minimum Gasteiger partial charge on any atom is -0.463 e. The van der Waals surface area contributed by atoms with Crippen molar-refractivity contribution in [1.29, 1.82) is 0 Å². The number of furan rings is 1. The number of carbonyl (C=O) groups is 1. The van der Waals surface area contributed by atoms with Gasteiger partial charge in [-0.2, -0.15) is 18.3 Å². The van der Waals surface area contributed by atoms with Gasteiger partial charge in [-0.25, -0.2) is 14.3 Å². The number of fused-ring (bicyclic) bond motifs is 2. The van der Waals surface area contributed by atoms with Crippen LogP contribution in [0.15, 0.2) is 28.9 Å². The van der Waals surface area contributed by atoms with Crippen LogP contribution in [-0.2, 0) is 10.9 Å². The first-order chi connectivity index (χ1) is 15.8. The fraction of sp³-hybridized carbons (Fsp3) is 0.500. The second-order valence-corrected chi connectivity index (χ2v) is 8.88. The molecule has 0 N–H and O–H groups in total. The van der Waals surface area contributed by atoms with Gasteiger partial charge in [0.2, 0.25) is 0 Å². The Morgan fingerprint density at radius 2 is 2.06 bits per heavy atom. The van der Waals surface area contributed by atoms with Crippen LogP contribution in [-0.4, -0.2) is 51.2 Å². The number of halogens is 4. The molecular weight excluding hydrogens is 461 g/mol. The monoisotopic (exact) mass is 482 g/mol. The zero-order valence-electron chi connectivity index (χ0n) is 17.6. The molecule has 2 atom stereocenters. The summed E-state index contributed by atoms with van der Waals surface area (Å²) in [4.78, 5) is 19.4. The lowest BCUT2D eigenvalue weighted by Gasteiger charge is -2.44. The number of carbonyl (C=O) groups excluding carboxylic acids is 1. The van der Waals surface area contributed by atoms with Crippen molar-refractivity contribution in [2.24, 2.45) is 5.92 Å². The molecule has 0 bridgehead atoms. The van der Waals surface area contributed by atoms with E-state index < -0.39 is 17.8 Å². The number of nitrogens with zero attached hydrogens (tertiary/aromatic N) is 4. The molecule has 2 saturated heterocycles. The first-order valence-corrected chi connectivity index (χ1v) is 11.3. The van der Waals surface area contributed by atoms with Crippen molar-refractivity contribution in [2.75, 3.05) is 19.7 Å². The predicted molar refractivity (Wildman–Crippen MR) is 113 cm³/mol. The third-order valence-corrected chi connectivity index (χ3v) is 6.80. The van der Waals surface area contributed by atoms with Crippen LogP contribution < -0.4 is 0 Å². The van der Waals surface area contributed by atoms with Gasteiger partial charge in [-0.3, -0.25) is 4.90 Å². The molecule has 3 aromatic heterocycles. The van der Waals surface area contributed by atoms with Crippen molar-refractivity contribution >= 4 is 23.2 Å². The topological polar surface area (TPSA) is 72.9 Å². The Bertz CT molecular complexity index is 1160. The smallest absolute Gasteiger partial charge is 0.433 e. The van der Waals surface area contributed by atoms with E-state index in [1.54, 1.807) is 0 Å². The molecule has 33 heavy (non-hydrogen) atoms. The van der Waals surface area contributed by atoms with Crippen molar-refractivity contribution in [2.45, 2.75) is 44.3 Å². The van der Waals surface area contributed by atoms with Gasteiger partial charge in [-0.05, 0) is 57.0 Å². The van der Waals surface area contributed by atoms with Crippen LogP contribution in [0.3, 0.4) is 0 Å². The summed E-state index contributed by atoms with van der Waals surface area (Å²) in [6.07, 6.45) is 1.93. The number of piperidine rings is 2. The van der Waals surface area contributed by atoms with E-state index in [0.717, 1.165) is 44.8 Å². The van der Waals surface area contributed by atoms with Gasteiger partial charge >= 0.3 is 12.1 Å². The maximum absolute atomic E-state index is 13.7. The van der Waals surface area contributed by atoms with E-state index >= 15 is 0 Å². The Morgan fingerprint density at radius 1 is 1.24 bits per heavy atom. The molecule has 176 valence electrons. The lowest BCUT2D eigenvalue weighted by atomic mass is 9.84. The molecule has 0 radical (unpaired) electrons. The Hall–Kier alpha value is -2.59. The molecule has 0 spiro atoms. The van der Waals surface area contributed by atoms with E-state index in [2.05, 4.69) is 15.0 Å². The standard InChI is InChI=1S/C22H22ClF3N4O3/c23-18-19(21(31)33-12-13-5-3-9-29-8-2-1-6-15(13)29)28-30-17(22(24,25)26)11-14(27-20(18)30)16-7-4-10-32-16/h4,7,10-11,13,15H,1-3,5-6,8-9,12H2/t13-,15-/m1/s1. The highest BCUT2D eigenvalue weighted by Crippen LogP contribution is 2.35. The maximum Gasteiger partial charge on any atom is 0.433 e. The molecule has 2 aliphatic rings. The van der Waals surface area contributed by atoms with Gasteiger partial charge in [0.1, 0.15) is 10.7 Å². The van der Waals surface area contributed by atoms with Gasteiger partial charge in [0.15, 0.2) is 22.8 Å². The lowest BCUT2D eigenvalue weighted by Crippen LogP contribution is -2.49. The van der Waals surface area contributed by atoms with Crippen LogP contribution in [0, 0.1) is 5.92 Å². The Kier molecular flexibility index (Phi) is 5.82. The summed E-state index contributed by atoms with van der Waals surface area (Å²) in [5.41, 5.74) is -1.87. The molecule has 2 aliphatic heterocycles. The van der Waals surface area contributed by atoms with Crippen molar-refractivity contribution in [1.82, 2.24) is 19.5 Å². The minimum atomic E-state index is -4.76. The summed E-state index contributed by atoms with van der Waals surface area (Å²) >= 11 is 6.29. The van der Waals surface area contributed by atoms with Crippen LogP contribution in [0.25, 0.3) is 17.1 Å². The maximum atomic E-state index is 13.7. The van der Waals surface area contributed by atoms with Gasteiger partial charge in [-0.15, -0.1) is 0 Å². The molecule has 7 nitrogen and oxygen atoms in total. The third kappa shape index (κ3) is 4.21. The highest BCUT2D eigenvalue weighted by Gasteiger charge is 2.38. The van der Waals surface area contributed by atoms with Crippen LogP contribution in [0.2, 0.25) is 5.02 Å². The summed E-state index contributed by atoms with van der Waals surface area (Å²) in [5.74, 6) is -0.530. The number of rotatable bonds is 4. The second-order valence-electron chi connectivity index (χ2n) is 8.50. The minimum absolute atomic E-state index is 0.0684. The normalized spacial score (nSPS) is 21.8. The van der Waals surface area contributed by atoms with E-state index in [1.165, 1.54) is 24.8 Å². The van der Waals surface area contributed by atoms with Crippen LogP contribution in [0.5, 0.6) is 0 Å². The SMILES string of the molecule is O=C(OC[C@H]1CCCN2CCCC[C@H]12)c1nn2c(C(F)(F)F)cc(-c3ccco3)nc2c1Cl. The van der Waals surface area contributed by atoms with Crippen molar-refractivity contribution in [3.05, 3.63) is 40.9 Å². The molecule has 11 heteroatoms. The van der Waals surface area contributed by atoms with E-state index in [0.29, 0.717) is 10.6 Å². The van der Waals surface area contributed by atoms with E-state index in [4.69, 9.17) is 20.8 Å². The van der Waals surface area contributed by atoms with E-state index in [9.17, 15) is 18.0 Å². The van der Waals surface area contributed by atoms with Crippen LogP contribution in [0.1, 0.15) is 48.3 Å². The third-order valence-electron chi connectivity index (χ3n) is 6.45. The second kappa shape index (κ2) is 8.64. The fourth-order valence-electron chi connectivity index (χ4n) is 4.90. The first-order valence-electron chi connectivity index (χ1n) is 10.9. The number of hydrogen-bond acceptors (Lipinski definition) is 6. The van der Waals surface area contributed by atoms with Gasteiger partial charge in [0, 0.05) is 12.0 Å². The summed E-state index contributed by atoms with van der Waals surface area (Å²) in [7, 11) is 0. The van der Waals surface area contributed by atoms with Crippen molar-refractivity contribution < 1.29 is 27.1 Å². The molecule has 5 heterocycles. The van der Waals surface area contributed by atoms with Gasteiger partial charge in [0.05, 0.1) is 12.9 Å². The molecule has 5 rings (SSSR count). The van der Waals surface area contributed by atoms with E-state index in [1.807, 2.05) is 0 Å². The number of alkyl halides is 3. The largest absolute Gasteiger partial charge is 0.463 e. The molecule has 0 amide bonds. The summed E-state index contributed by atoms with van der Waals surface area (Å²) in [5, 5.41) is 3.54. The van der Waals surface area contributed by atoms with Crippen LogP contribution >= 0.6 is 11.6 Å². The van der Waals surface area contributed by atoms with Crippen molar-refractivity contribution in [3.63, 3.8) is 0 Å². The lowest BCUT2D eigenvalue weighted by molar-refractivity contribution is -0.142. The van der Waals surface area contributed by atoms with Gasteiger partial charge < -0.3 is 9.15 Å². The number of esters is 1. The zero-order chi connectivity index (χ0) is 23.2. The quantitative estimate of drug-likeness (QED) is 0.483. The highest BCUT2D eigenvalue weighted by molar-refractivity contribution is 6.36. The summed E-state index contributed by atoms with van der Waals surface area (Å²) < 4.78 is 52.5. The van der Waals surface area contributed by atoms with E-state index in [-0.39, 0.29) is 40.3 Å². The Balaban J connectivity index is 1.43. The number of ether oxygens (including phenoxy) is 1. The summed E-state index contributed by atoms with van der Waals surface area (Å²) in [6, 6.07) is 4.20. The van der Waals surface area contributed by atoms with Gasteiger partial charge in [0.25, 0.3) is 0 Å². The molecule has 2 fully saturated rings. The molecule has 0 aliphatic carbocycles. The van der Waals surface area contributed by atoms with Crippen molar-refractivity contribution in [3.8, 4) is 11.5 Å². The number of hydrogen-bond donors (Lipinski definition) is 0. The van der Waals surface area contributed by atoms with Crippen LogP contribution in [0.4, 0.5) is 13.2 Å². The first kappa shape index (κ1) is 22.2. The summed E-state index contributed by atoms with van der Waals surface area (Å²) in [6.45, 7) is 2.29. The number of aromatic nitrogens is 3. The molecule has 0 saturated carbocycles. The molecule has 0 unspecified atom stereocenters. The predicted octanol–water partition coefficient (Wildman–Crippen LogP) is 5.08. The molecular formula is C22H22ClF3N4O3. The van der Waals surface area contributed by atoms with Gasteiger partial charge in [-0.1, -0.05) is 18.0 Å². The average molecular weight is 483 g/mol. The fourth-order valence-corrected chi connectivity index (χ4v) is 5.13. The highest BCUT2D eigenvalue weighted by atomic mass is 35.5.